The molecule has 0 aromatic rings. The van der Waals surface area contributed by atoms with E-state index in [0.717, 1.165) is 17.8 Å². The molecule has 3 aliphatic carbocycles. The minimum Gasteiger partial charge on any atom is -0.0839 e. The van der Waals surface area contributed by atoms with Gasteiger partial charge in [0.2, 0.25) is 0 Å². The van der Waals surface area contributed by atoms with Crippen LogP contribution in [-0.2, 0) is 0 Å². The molecule has 0 aliphatic heterocycles. The molecule has 0 heteroatoms. The first-order valence-corrected chi connectivity index (χ1v) is 6.40. The van der Waals surface area contributed by atoms with E-state index in [9.17, 15) is 0 Å². The monoisotopic (exact) mass is 200 g/mol. The number of allylic oxidation sites excluding steroid dienone is 6. The summed E-state index contributed by atoms with van der Waals surface area (Å²) < 4.78 is 0. The Morgan fingerprint density at radius 3 is 3.07 bits per heavy atom. The molecule has 3 atom stereocenters. The Morgan fingerprint density at radius 2 is 2.13 bits per heavy atom. The molecule has 3 rings (SSSR count). The number of rotatable bonds is 0. The van der Waals surface area contributed by atoms with Gasteiger partial charge in [0.15, 0.2) is 0 Å². The topological polar surface area (TPSA) is 0 Å². The molecular weight excluding hydrogens is 180 g/mol. The molecule has 0 heterocycles. The maximum atomic E-state index is 2.53. The Bertz CT molecular complexity index is 343. The fourth-order valence-corrected chi connectivity index (χ4v) is 3.44. The van der Waals surface area contributed by atoms with Crippen molar-refractivity contribution in [3.63, 3.8) is 0 Å². The third-order valence-electron chi connectivity index (χ3n) is 4.35. The van der Waals surface area contributed by atoms with E-state index in [1.54, 1.807) is 11.1 Å². The Hall–Kier alpha value is -0.780. The van der Waals surface area contributed by atoms with E-state index < -0.39 is 0 Å². The minimum atomic E-state index is 0.845. The quantitative estimate of drug-likeness (QED) is 0.548. The van der Waals surface area contributed by atoms with Gasteiger partial charge in [0, 0.05) is 0 Å². The maximum absolute atomic E-state index is 2.53. The van der Waals surface area contributed by atoms with E-state index >= 15 is 0 Å². The third-order valence-corrected chi connectivity index (χ3v) is 4.35. The predicted molar refractivity (Wildman–Crippen MR) is 64.5 cm³/mol. The van der Waals surface area contributed by atoms with Crippen molar-refractivity contribution < 1.29 is 0 Å². The van der Waals surface area contributed by atoms with Crippen LogP contribution in [0.4, 0.5) is 0 Å². The highest BCUT2D eigenvalue weighted by atomic mass is 14.4. The zero-order chi connectivity index (χ0) is 10.3. The molecule has 80 valence electrons. The molecule has 3 aliphatic rings. The van der Waals surface area contributed by atoms with Crippen LogP contribution in [-0.4, -0.2) is 0 Å². The Labute approximate surface area is 92.8 Å². The zero-order valence-electron chi connectivity index (χ0n) is 9.58. The summed E-state index contributed by atoms with van der Waals surface area (Å²) in [6, 6.07) is 0. The van der Waals surface area contributed by atoms with Crippen LogP contribution >= 0.6 is 0 Å². The molecule has 0 nitrogen and oxygen atoms in total. The van der Waals surface area contributed by atoms with Crippen LogP contribution in [0, 0.1) is 17.8 Å². The molecule has 0 bridgehead atoms. The van der Waals surface area contributed by atoms with Crippen LogP contribution < -0.4 is 0 Å². The van der Waals surface area contributed by atoms with Crippen LogP contribution in [0.15, 0.2) is 35.5 Å². The van der Waals surface area contributed by atoms with Gasteiger partial charge in [-0.05, 0) is 55.4 Å². The van der Waals surface area contributed by atoms with E-state index in [2.05, 4.69) is 31.2 Å². The molecule has 0 N–H and O–H groups in total. The van der Waals surface area contributed by atoms with Gasteiger partial charge in [-0.25, -0.2) is 0 Å². The average Bonchev–Trinajstić information content (AvgIpc) is 2.26. The lowest BCUT2D eigenvalue weighted by Crippen LogP contribution is -2.24. The highest BCUT2D eigenvalue weighted by Gasteiger charge is 2.30. The number of fused-ring (bicyclic) bond motifs is 2. The van der Waals surface area contributed by atoms with Gasteiger partial charge in [-0.15, -0.1) is 0 Å². The lowest BCUT2D eigenvalue weighted by atomic mass is 9.68. The van der Waals surface area contributed by atoms with E-state index in [1.165, 1.54) is 32.1 Å². The summed E-state index contributed by atoms with van der Waals surface area (Å²) in [7, 11) is 0. The summed E-state index contributed by atoms with van der Waals surface area (Å²) in [5.41, 5.74) is 3.37. The van der Waals surface area contributed by atoms with E-state index in [-0.39, 0.29) is 0 Å². The molecule has 0 amide bonds. The molecule has 0 radical (unpaired) electrons. The van der Waals surface area contributed by atoms with E-state index in [1.807, 2.05) is 0 Å². The fraction of sp³-hybridized carbons (Fsp3) is 0.600. The molecule has 0 spiro atoms. The normalized spacial score (nSPS) is 38.9. The fourth-order valence-electron chi connectivity index (χ4n) is 3.44. The zero-order valence-corrected chi connectivity index (χ0v) is 9.58. The first-order chi connectivity index (χ1) is 7.33. The maximum Gasteiger partial charge on any atom is -0.0122 e. The summed E-state index contributed by atoms with van der Waals surface area (Å²) in [4.78, 5) is 0. The van der Waals surface area contributed by atoms with Gasteiger partial charge in [0.25, 0.3) is 0 Å². The van der Waals surface area contributed by atoms with Gasteiger partial charge in [0.1, 0.15) is 0 Å². The van der Waals surface area contributed by atoms with Crippen LogP contribution in [0.25, 0.3) is 0 Å². The van der Waals surface area contributed by atoms with Crippen molar-refractivity contribution in [2.75, 3.05) is 0 Å². The standard InChI is InChI=1S/C15H20/c1-11-6-7-14-9-12-4-2-3-5-13(12)10-15(14)8-11/h2-3,5,10-12,14H,4,6-9H2,1H3. The van der Waals surface area contributed by atoms with Crippen molar-refractivity contribution in [2.45, 2.75) is 39.0 Å². The molecule has 0 aromatic carbocycles. The smallest absolute Gasteiger partial charge is 0.0122 e. The Kier molecular flexibility index (Phi) is 2.31. The van der Waals surface area contributed by atoms with Gasteiger partial charge >= 0.3 is 0 Å². The molecule has 1 fully saturated rings. The molecule has 0 saturated heterocycles. The highest BCUT2D eigenvalue weighted by Crippen LogP contribution is 2.44. The SMILES string of the molecule is CC1CCC2CC3CC=CC=C3C=C2C1. The van der Waals surface area contributed by atoms with Crippen molar-refractivity contribution in [2.24, 2.45) is 17.8 Å². The van der Waals surface area contributed by atoms with Crippen molar-refractivity contribution in [1.82, 2.24) is 0 Å². The second-order valence-electron chi connectivity index (χ2n) is 5.57. The van der Waals surface area contributed by atoms with Crippen molar-refractivity contribution in [3.8, 4) is 0 Å². The van der Waals surface area contributed by atoms with E-state index in [0.29, 0.717) is 0 Å². The lowest BCUT2D eigenvalue weighted by Gasteiger charge is -2.37. The van der Waals surface area contributed by atoms with Crippen molar-refractivity contribution >= 4 is 0 Å². The highest BCUT2D eigenvalue weighted by molar-refractivity contribution is 5.37. The Balaban J connectivity index is 1.89. The van der Waals surface area contributed by atoms with Gasteiger partial charge < -0.3 is 0 Å². The van der Waals surface area contributed by atoms with Crippen molar-refractivity contribution in [3.05, 3.63) is 35.5 Å². The van der Waals surface area contributed by atoms with Gasteiger partial charge in [-0.2, -0.15) is 0 Å². The first kappa shape index (κ1) is 9.45. The summed E-state index contributed by atoms with van der Waals surface area (Å²) in [5, 5.41) is 0. The molecule has 1 saturated carbocycles. The Morgan fingerprint density at radius 1 is 1.20 bits per heavy atom. The van der Waals surface area contributed by atoms with Crippen LogP contribution in [0.2, 0.25) is 0 Å². The summed E-state index contributed by atoms with van der Waals surface area (Å²) in [5.74, 6) is 2.69. The van der Waals surface area contributed by atoms with Crippen LogP contribution in [0.1, 0.15) is 39.0 Å². The van der Waals surface area contributed by atoms with Crippen LogP contribution in [0.3, 0.4) is 0 Å². The molecule has 15 heavy (non-hydrogen) atoms. The summed E-state index contributed by atoms with van der Waals surface area (Å²) in [6.45, 7) is 2.40. The minimum absolute atomic E-state index is 0.845. The lowest BCUT2D eigenvalue weighted by molar-refractivity contribution is 0.316. The average molecular weight is 200 g/mol. The second-order valence-corrected chi connectivity index (χ2v) is 5.57. The summed E-state index contributed by atoms with van der Waals surface area (Å²) >= 11 is 0. The molecule has 0 aromatic heterocycles. The second kappa shape index (κ2) is 3.66. The van der Waals surface area contributed by atoms with Gasteiger partial charge in [-0.3, -0.25) is 0 Å². The van der Waals surface area contributed by atoms with Crippen LogP contribution in [0.5, 0.6) is 0 Å². The van der Waals surface area contributed by atoms with E-state index in [4.69, 9.17) is 0 Å². The summed E-state index contributed by atoms with van der Waals surface area (Å²) in [6.07, 6.45) is 16.4. The third kappa shape index (κ3) is 1.71. The number of hydrogen-bond donors (Lipinski definition) is 0. The first-order valence-electron chi connectivity index (χ1n) is 6.40. The molecule has 3 unspecified atom stereocenters. The molecular formula is C15H20. The van der Waals surface area contributed by atoms with Crippen molar-refractivity contribution in [1.29, 1.82) is 0 Å². The largest absolute Gasteiger partial charge is 0.0839 e. The van der Waals surface area contributed by atoms with Gasteiger partial charge in [0.05, 0.1) is 0 Å². The predicted octanol–water partition coefficient (Wildman–Crippen LogP) is 4.26. The number of hydrogen-bond acceptors (Lipinski definition) is 0. The van der Waals surface area contributed by atoms with Gasteiger partial charge in [-0.1, -0.05) is 36.8 Å².